The summed E-state index contributed by atoms with van der Waals surface area (Å²) in [6.45, 7) is 13.6. The first-order valence-corrected chi connectivity index (χ1v) is 7.45. The molecule has 0 unspecified atom stereocenters. The molecule has 0 amide bonds. The summed E-state index contributed by atoms with van der Waals surface area (Å²) < 4.78 is 0. The highest BCUT2D eigenvalue weighted by Gasteiger charge is 2.18. The molecular formula is C19H27N. The number of hydrogen-bond acceptors (Lipinski definition) is 1. The van der Waals surface area contributed by atoms with Gasteiger partial charge in [0, 0.05) is 11.9 Å². The summed E-state index contributed by atoms with van der Waals surface area (Å²) in [4.78, 5) is 0. The second kappa shape index (κ2) is 5.12. The van der Waals surface area contributed by atoms with Crippen LogP contribution in [-0.2, 0) is 11.8 Å². The van der Waals surface area contributed by atoms with Crippen molar-refractivity contribution in [2.24, 2.45) is 5.41 Å². The molecule has 0 bridgehead atoms. The van der Waals surface area contributed by atoms with Gasteiger partial charge in [0.1, 0.15) is 0 Å². The molecule has 1 aromatic carbocycles. The molecule has 1 heterocycles. The molecule has 0 saturated carbocycles. The molecule has 1 aliphatic heterocycles. The Morgan fingerprint density at radius 2 is 1.65 bits per heavy atom. The molecule has 0 aliphatic carbocycles. The zero-order valence-electron chi connectivity index (χ0n) is 13.7. The van der Waals surface area contributed by atoms with E-state index in [1.54, 1.807) is 0 Å². The second-order valence-electron chi connectivity index (χ2n) is 7.71. The molecule has 1 aliphatic rings. The summed E-state index contributed by atoms with van der Waals surface area (Å²) in [6.07, 6.45) is 7.61. The van der Waals surface area contributed by atoms with Crippen LogP contribution in [0, 0.1) is 5.41 Å². The Kier molecular flexibility index (Phi) is 3.82. The van der Waals surface area contributed by atoms with Crippen molar-refractivity contribution in [3.8, 4) is 0 Å². The number of nitrogens with one attached hydrogen (secondary N) is 1. The average molecular weight is 269 g/mol. The van der Waals surface area contributed by atoms with E-state index < -0.39 is 0 Å². The van der Waals surface area contributed by atoms with Gasteiger partial charge in [-0.05, 0) is 46.1 Å². The van der Waals surface area contributed by atoms with Crippen molar-refractivity contribution < 1.29 is 0 Å². The van der Waals surface area contributed by atoms with Gasteiger partial charge in [-0.1, -0.05) is 59.8 Å². The summed E-state index contributed by atoms with van der Waals surface area (Å²) in [6, 6.07) is 6.78. The summed E-state index contributed by atoms with van der Waals surface area (Å²) >= 11 is 0. The van der Waals surface area contributed by atoms with Gasteiger partial charge in [0.25, 0.3) is 0 Å². The topological polar surface area (TPSA) is 12.0 Å². The highest BCUT2D eigenvalue weighted by molar-refractivity contribution is 5.57. The van der Waals surface area contributed by atoms with Gasteiger partial charge < -0.3 is 5.32 Å². The Bertz CT molecular complexity index is 548. The largest absolute Gasteiger partial charge is 0.361 e. The van der Waals surface area contributed by atoms with Gasteiger partial charge in [-0.15, -0.1) is 0 Å². The maximum absolute atomic E-state index is 3.42. The smallest absolute Gasteiger partial charge is 0.0415 e. The van der Waals surface area contributed by atoms with Crippen molar-refractivity contribution in [1.82, 2.24) is 0 Å². The minimum Gasteiger partial charge on any atom is -0.361 e. The fraction of sp³-hybridized carbons (Fsp3) is 0.474. The molecule has 1 aromatic rings. The first kappa shape index (κ1) is 14.9. The third-order valence-electron chi connectivity index (χ3n) is 3.88. The van der Waals surface area contributed by atoms with Gasteiger partial charge in [0.05, 0.1) is 0 Å². The van der Waals surface area contributed by atoms with E-state index >= 15 is 0 Å². The molecule has 20 heavy (non-hydrogen) atoms. The molecule has 1 N–H and O–H groups in total. The van der Waals surface area contributed by atoms with Gasteiger partial charge in [0.15, 0.2) is 0 Å². The van der Waals surface area contributed by atoms with Crippen LogP contribution in [0.2, 0.25) is 0 Å². The first-order chi connectivity index (χ1) is 9.18. The minimum atomic E-state index is 0.192. The number of hydrogen-bond donors (Lipinski definition) is 1. The first-order valence-electron chi connectivity index (χ1n) is 7.45. The molecule has 0 aromatic heterocycles. The molecule has 0 radical (unpaired) electrons. The third-order valence-corrected chi connectivity index (χ3v) is 3.88. The van der Waals surface area contributed by atoms with E-state index in [1.807, 2.05) is 0 Å². The van der Waals surface area contributed by atoms with Gasteiger partial charge in [-0.25, -0.2) is 0 Å². The van der Waals surface area contributed by atoms with Gasteiger partial charge in [0.2, 0.25) is 0 Å². The molecule has 0 spiro atoms. The molecule has 0 fully saturated rings. The van der Waals surface area contributed by atoms with E-state index in [4.69, 9.17) is 0 Å². The lowest BCUT2D eigenvalue weighted by Crippen LogP contribution is -2.13. The van der Waals surface area contributed by atoms with Crippen molar-refractivity contribution in [2.45, 2.75) is 53.4 Å². The van der Waals surface area contributed by atoms with Gasteiger partial charge >= 0.3 is 0 Å². The molecule has 1 nitrogen and oxygen atoms in total. The lowest BCUT2D eigenvalue weighted by molar-refractivity contribution is 0.515. The normalized spacial score (nSPS) is 20.0. The molecule has 2 rings (SSSR count). The van der Waals surface area contributed by atoms with Crippen molar-refractivity contribution >= 4 is 5.69 Å². The van der Waals surface area contributed by atoms with Crippen LogP contribution in [0.4, 0.5) is 5.69 Å². The molecule has 0 saturated heterocycles. The second-order valence-corrected chi connectivity index (χ2v) is 7.71. The number of allylic oxidation sites excluding steroid dienone is 3. The SMILES string of the molecule is CC(C)(C)C1=C/Cc2cc(C(C)(C)C)ccc2N/C=C\1. The molecular weight excluding hydrogens is 242 g/mol. The van der Waals surface area contributed by atoms with Gasteiger partial charge in [-0.2, -0.15) is 0 Å². The Morgan fingerprint density at radius 3 is 2.25 bits per heavy atom. The van der Waals surface area contributed by atoms with Crippen LogP contribution in [0.5, 0.6) is 0 Å². The predicted octanol–water partition coefficient (Wildman–Crippen LogP) is 5.44. The van der Waals surface area contributed by atoms with Gasteiger partial charge in [-0.3, -0.25) is 0 Å². The number of rotatable bonds is 0. The summed E-state index contributed by atoms with van der Waals surface area (Å²) in [5, 5.41) is 3.42. The highest BCUT2D eigenvalue weighted by Crippen LogP contribution is 2.31. The van der Waals surface area contributed by atoms with Crippen LogP contribution in [0.25, 0.3) is 0 Å². The number of benzene rings is 1. The average Bonchev–Trinajstić information content (AvgIpc) is 2.26. The van der Waals surface area contributed by atoms with E-state index in [2.05, 4.69) is 83.4 Å². The van der Waals surface area contributed by atoms with Crippen molar-refractivity contribution in [2.75, 3.05) is 5.32 Å². The van der Waals surface area contributed by atoms with Crippen LogP contribution in [0.1, 0.15) is 52.7 Å². The molecule has 108 valence electrons. The highest BCUT2D eigenvalue weighted by atomic mass is 14.8. The fourth-order valence-corrected chi connectivity index (χ4v) is 2.44. The lowest BCUT2D eigenvalue weighted by atomic mass is 9.83. The van der Waals surface area contributed by atoms with E-state index in [0.717, 1.165) is 6.42 Å². The predicted molar refractivity (Wildman–Crippen MR) is 89.1 cm³/mol. The van der Waals surface area contributed by atoms with E-state index in [0.29, 0.717) is 0 Å². The van der Waals surface area contributed by atoms with Crippen LogP contribution in [0.3, 0.4) is 0 Å². The minimum absolute atomic E-state index is 0.192. The number of fused-ring (bicyclic) bond motifs is 1. The maximum atomic E-state index is 3.42. The Morgan fingerprint density at radius 1 is 0.950 bits per heavy atom. The van der Waals surface area contributed by atoms with E-state index in [-0.39, 0.29) is 10.8 Å². The Hall–Kier alpha value is -1.50. The third kappa shape index (κ3) is 3.33. The van der Waals surface area contributed by atoms with E-state index in [9.17, 15) is 0 Å². The van der Waals surface area contributed by atoms with Crippen LogP contribution in [0.15, 0.2) is 42.1 Å². The van der Waals surface area contributed by atoms with Crippen LogP contribution < -0.4 is 5.32 Å². The molecule has 1 heteroatoms. The Balaban J connectivity index is 2.40. The number of anilines is 1. The van der Waals surface area contributed by atoms with Crippen LogP contribution >= 0.6 is 0 Å². The summed E-state index contributed by atoms with van der Waals surface area (Å²) in [7, 11) is 0. The quantitative estimate of drug-likeness (QED) is 0.661. The van der Waals surface area contributed by atoms with Crippen LogP contribution in [-0.4, -0.2) is 0 Å². The maximum Gasteiger partial charge on any atom is 0.0415 e. The standard InChI is InChI=1S/C19H27N/c1-18(2,3)15-8-7-14-13-16(19(4,5)6)9-10-17(14)20-12-11-15/h8-13,20H,7H2,1-6H3/b12-11-,15-8+. The van der Waals surface area contributed by atoms with Crippen molar-refractivity contribution in [3.63, 3.8) is 0 Å². The zero-order chi connectivity index (χ0) is 15.0. The summed E-state index contributed by atoms with van der Waals surface area (Å²) in [5.41, 5.74) is 5.77. The van der Waals surface area contributed by atoms with E-state index in [1.165, 1.54) is 22.4 Å². The molecule has 0 atom stereocenters. The van der Waals surface area contributed by atoms with Crippen molar-refractivity contribution in [3.05, 3.63) is 53.3 Å². The zero-order valence-corrected chi connectivity index (χ0v) is 13.7. The lowest BCUT2D eigenvalue weighted by Gasteiger charge is -2.24. The summed E-state index contributed by atoms with van der Waals surface area (Å²) in [5.74, 6) is 0. The Labute approximate surface area is 123 Å². The fourth-order valence-electron chi connectivity index (χ4n) is 2.44. The monoisotopic (exact) mass is 269 g/mol. The van der Waals surface area contributed by atoms with Crippen molar-refractivity contribution in [1.29, 1.82) is 0 Å².